The summed E-state index contributed by atoms with van der Waals surface area (Å²) in [4.78, 5) is 0. The van der Waals surface area contributed by atoms with Crippen LogP contribution in [0.1, 0.15) is 9.60 Å². The molecule has 0 aliphatic rings. The maximum absolute atomic E-state index is 9.94. The molecule has 0 aliphatic carbocycles. The molecule has 3 heteroatoms. The summed E-state index contributed by atoms with van der Waals surface area (Å²) in [6.45, 7) is 0. The van der Waals surface area contributed by atoms with Gasteiger partial charge >= 0.3 is 0 Å². The molecule has 0 amide bonds. The SMILES string of the molecule is [2H]c1c([2H])c([2H])c2c(c1[2H])c1c([2H])c(-c3ccc4c(c3)c3ccccc3n4-c3ccc(-c4ccccc4)cc3)c([2H])c([2H])c1n2-c1ccc2c3ccccc3n(-c3ccccc3)c2c1. The molecule has 0 bridgehead atoms. The Kier molecular flexibility index (Phi) is 5.56. The van der Waals surface area contributed by atoms with Crippen LogP contribution in [-0.4, -0.2) is 13.7 Å². The molecule has 3 aromatic heterocycles. The molecule has 57 heavy (non-hydrogen) atoms. The Morgan fingerprint density at radius 3 is 1.61 bits per heavy atom. The van der Waals surface area contributed by atoms with E-state index in [1.54, 1.807) is 4.57 Å². The molecule has 0 aliphatic heterocycles. The number of nitrogens with zero attached hydrogens (tertiary/aromatic N) is 3. The molecule has 9 aromatic carbocycles. The average Bonchev–Trinajstić information content (AvgIpc) is 3.99. The first-order valence-corrected chi connectivity index (χ1v) is 19.0. The predicted molar refractivity (Wildman–Crippen MR) is 240 cm³/mol. The predicted octanol–water partition coefficient (Wildman–Crippen LogP) is 14.3. The third-order valence-corrected chi connectivity index (χ3v) is 11.3. The average molecular weight is 733 g/mol. The van der Waals surface area contributed by atoms with Gasteiger partial charge in [-0.3, -0.25) is 0 Å². The second-order valence-electron chi connectivity index (χ2n) is 14.4. The van der Waals surface area contributed by atoms with Gasteiger partial charge in [0.25, 0.3) is 0 Å². The van der Waals surface area contributed by atoms with E-state index in [9.17, 15) is 6.85 Å². The molecule has 266 valence electrons. The van der Waals surface area contributed by atoms with Crippen LogP contribution in [0, 0.1) is 0 Å². The number of rotatable bonds is 5. The maximum Gasteiger partial charge on any atom is 0.0645 e. The van der Waals surface area contributed by atoms with Crippen LogP contribution >= 0.6 is 0 Å². The molecular formula is C54H35N3. The fraction of sp³-hybridized carbons (Fsp3) is 0. The highest BCUT2D eigenvalue weighted by atomic mass is 15.0. The lowest BCUT2D eigenvalue weighted by Crippen LogP contribution is -1.96. The van der Waals surface area contributed by atoms with Gasteiger partial charge < -0.3 is 13.7 Å². The van der Waals surface area contributed by atoms with Gasteiger partial charge in [-0.25, -0.2) is 0 Å². The Hall–Kier alpha value is -7.62. The first-order chi connectivity index (χ1) is 31.2. The highest BCUT2D eigenvalue weighted by molar-refractivity contribution is 6.14. The zero-order chi connectivity index (χ0) is 43.5. The van der Waals surface area contributed by atoms with Crippen LogP contribution in [0.25, 0.3) is 105 Å². The number of hydrogen-bond acceptors (Lipinski definition) is 0. The first kappa shape index (κ1) is 25.5. The van der Waals surface area contributed by atoms with E-state index in [1.165, 1.54) is 0 Å². The second-order valence-corrected chi connectivity index (χ2v) is 14.4. The molecule has 0 spiro atoms. The Bertz CT molecular complexity index is 3910. The smallest absolute Gasteiger partial charge is 0.0645 e. The van der Waals surface area contributed by atoms with E-state index in [2.05, 4.69) is 69.8 Å². The van der Waals surface area contributed by atoms with Crippen molar-refractivity contribution in [2.75, 3.05) is 0 Å². The summed E-state index contributed by atoms with van der Waals surface area (Å²) >= 11 is 0. The lowest BCUT2D eigenvalue weighted by molar-refractivity contribution is 1.15. The maximum atomic E-state index is 9.94. The van der Waals surface area contributed by atoms with Crippen molar-refractivity contribution in [2.24, 2.45) is 0 Å². The Balaban J connectivity index is 1.11. The highest BCUT2D eigenvalue weighted by Gasteiger charge is 2.18. The van der Waals surface area contributed by atoms with E-state index in [4.69, 9.17) is 2.74 Å². The fourth-order valence-corrected chi connectivity index (χ4v) is 8.71. The Morgan fingerprint density at radius 2 is 0.825 bits per heavy atom. The van der Waals surface area contributed by atoms with Crippen molar-refractivity contribution >= 4 is 65.4 Å². The van der Waals surface area contributed by atoms with Crippen LogP contribution in [0.3, 0.4) is 0 Å². The minimum atomic E-state index is -0.426. The van der Waals surface area contributed by atoms with E-state index in [0.717, 1.165) is 66.1 Å². The van der Waals surface area contributed by atoms with Crippen LogP contribution < -0.4 is 0 Å². The van der Waals surface area contributed by atoms with Gasteiger partial charge in [-0.15, -0.1) is 0 Å². The van der Waals surface area contributed by atoms with Crippen LogP contribution in [0.15, 0.2) is 212 Å². The van der Waals surface area contributed by atoms with Gasteiger partial charge in [-0.2, -0.15) is 0 Å². The standard InChI is InChI=1S/C54H35N3/c1-3-13-36(14-4-1)37-23-27-41(28-24-37)55-50-21-11-8-18-44(50)47-33-38(25-31-52(47)55)39-26-32-53-48(34-39)45-19-9-12-22-51(45)57(53)42-29-30-46-43-17-7-10-20-49(43)56(54(46)35-42)40-15-5-2-6-16-40/h1-35H/i9D,12D,19D,22D,26D,32D,34D. The van der Waals surface area contributed by atoms with E-state index >= 15 is 0 Å². The zero-order valence-electron chi connectivity index (χ0n) is 37.5. The second kappa shape index (κ2) is 12.5. The van der Waals surface area contributed by atoms with Crippen molar-refractivity contribution in [2.45, 2.75) is 0 Å². The molecule has 0 saturated heterocycles. The van der Waals surface area contributed by atoms with Gasteiger partial charge in [0.15, 0.2) is 0 Å². The lowest BCUT2D eigenvalue weighted by Gasteiger charge is -2.11. The minimum Gasteiger partial charge on any atom is -0.309 e. The van der Waals surface area contributed by atoms with Gasteiger partial charge in [0, 0.05) is 49.4 Å². The zero-order valence-corrected chi connectivity index (χ0v) is 30.5. The quantitative estimate of drug-likeness (QED) is 0.167. The molecule has 0 unspecified atom stereocenters. The van der Waals surface area contributed by atoms with Gasteiger partial charge in [0.2, 0.25) is 0 Å². The van der Waals surface area contributed by atoms with Crippen LogP contribution in [0.2, 0.25) is 0 Å². The topological polar surface area (TPSA) is 14.8 Å². The van der Waals surface area contributed by atoms with Gasteiger partial charge in [0.1, 0.15) is 0 Å². The molecule has 0 fully saturated rings. The molecule has 3 nitrogen and oxygen atoms in total. The van der Waals surface area contributed by atoms with Crippen molar-refractivity contribution < 1.29 is 9.60 Å². The summed E-state index contributed by atoms with van der Waals surface area (Å²) in [6.07, 6.45) is 0. The van der Waals surface area contributed by atoms with Crippen LogP contribution in [0.4, 0.5) is 0 Å². The van der Waals surface area contributed by atoms with E-state index in [-0.39, 0.29) is 57.6 Å². The molecule has 0 saturated carbocycles. The van der Waals surface area contributed by atoms with Crippen molar-refractivity contribution in [3.63, 3.8) is 0 Å². The molecule has 0 N–H and O–H groups in total. The van der Waals surface area contributed by atoms with Crippen molar-refractivity contribution in [3.05, 3.63) is 212 Å². The number of aromatic nitrogens is 3. The van der Waals surface area contributed by atoms with Gasteiger partial charge in [-0.1, -0.05) is 133 Å². The monoisotopic (exact) mass is 732 g/mol. The Labute approximate surface area is 339 Å². The number of fused-ring (bicyclic) bond motifs is 9. The largest absolute Gasteiger partial charge is 0.309 e. The molecule has 12 aromatic rings. The Morgan fingerprint density at radius 1 is 0.281 bits per heavy atom. The van der Waals surface area contributed by atoms with Crippen molar-refractivity contribution in [1.82, 2.24) is 13.7 Å². The first-order valence-electron chi connectivity index (χ1n) is 22.5. The fourth-order valence-electron chi connectivity index (χ4n) is 8.71. The summed E-state index contributed by atoms with van der Waals surface area (Å²) in [7, 11) is 0. The summed E-state index contributed by atoms with van der Waals surface area (Å²) in [5.74, 6) is 0. The summed E-state index contributed by atoms with van der Waals surface area (Å²) in [6, 6.07) is 54.9. The summed E-state index contributed by atoms with van der Waals surface area (Å²) in [5.41, 5.74) is 9.64. The van der Waals surface area contributed by atoms with E-state index in [1.807, 2.05) is 109 Å². The minimum absolute atomic E-state index is 0.0798. The molecule has 0 atom stereocenters. The molecule has 12 rings (SSSR count). The highest BCUT2D eigenvalue weighted by Crippen LogP contribution is 2.40. The van der Waals surface area contributed by atoms with E-state index in [0.29, 0.717) is 11.3 Å². The van der Waals surface area contributed by atoms with Crippen molar-refractivity contribution in [3.8, 4) is 39.3 Å². The third-order valence-electron chi connectivity index (χ3n) is 11.3. The lowest BCUT2D eigenvalue weighted by atomic mass is 10.0. The van der Waals surface area contributed by atoms with Gasteiger partial charge in [0.05, 0.1) is 42.7 Å². The van der Waals surface area contributed by atoms with Crippen LogP contribution in [0.5, 0.6) is 0 Å². The number of para-hydroxylation sites is 4. The normalized spacial score (nSPS) is 13.6. The number of benzene rings is 9. The molecule has 0 radical (unpaired) electrons. The van der Waals surface area contributed by atoms with E-state index < -0.39 is 12.1 Å². The summed E-state index contributed by atoms with van der Waals surface area (Å²) in [5, 5.41) is 4.28. The number of hydrogen-bond donors (Lipinski definition) is 0. The molecule has 3 heterocycles. The summed E-state index contributed by atoms with van der Waals surface area (Å²) < 4.78 is 71.5. The van der Waals surface area contributed by atoms with Crippen LogP contribution in [-0.2, 0) is 0 Å². The van der Waals surface area contributed by atoms with Gasteiger partial charge in [-0.05, 0) is 101 Å². The third kappa shape index (κ3) is 4.86. The molecular weight excluding hydrogens is 691 g/mol. The van der Waals surface area contributed by atoms with Crippen molar-refractivity contribution in [1.29, 1.82) is 0 Å².